The minimum absolute atomic E-state index is 0.149. The molecule has 0 aliphatic rings. The van der Waals surface area contributed by atoms with Crippen molar-refractivity contribution in [2.45, 2.75) is 32.1 Å². The van der Waals surface area contributed by atoms with E-state index in [1.807, 2.05) is 51.1 Å². The number of amides is 1. The molecule has 0 bridgehead atoms. The third kappa shape index (κ3) is 4.54. The summed E-state index contributed by atoms with van der Waals surface area (Å²) in [6.07, 6.45) is 0.648. The highest BCUT2D eigenvalue weighted by molar-refractivity contribution is 7.92. The van der Waals surface area contributed by atoms with Crippen LogP contribution < -0.4 is 9.62 Å². The molecule has 3 rings (SSSR count). The van der Waals surface area contributed by atoms with Crippen LogP contribution in [0.2, 0.25) is 0 Å². The van der Waals surface area contributed by atoms with E-state index in [4.69, 9.17) is 0 Å². The molecule has 1 N–H and O–H groups in total. The van der Waals surface area contributed by atoms with Crippen LogP contribution in [0.25, 0.3) is 0 Å². The van der Waals surface area contributed by atoms with Crippen molar-refractivity contribution in [1.82, 2.24) is 0 Å². The van der Waals surface area contributed by atoms with Crippen LogP contribution in [-0.2, 0) is 21.2 Å². The van der Waals surface area contributed by atoms with Crippen LogP contribution in [0.3, 0.4) is 0 Å². The number of hydrogen-bond acceptors (Lipinski definition) is 3. The van der Waals surface area contributed by atoms with Crippen LogP contribution in [0.1, 0.15) is 23.6 Å². The highest BCUT2D eigenvalue weighted by atomic mass is 32.2. The average molecular weight is 423 g/mol. The van der Waals surface area contributed by atoms with Crippen LogP contribution in [0.4, 0.5) is 11.4 Å². The van der Waals surface area contributed by atoms with Gasteiger partial charge >= 0.3 is 0 Å². The van der Waals surface area contributed by atoms with E-state index < -0.39 is 15.9 Å². The molecule has 1 amide bonds. The Labute approximate surface area is 178 Å². The van der Waals surface area contributed by atoms with Crippen molar-refractivity contribution in [2.24, 2.45) is 0 Å². The molecule has 0 fully saturated rings. The number of carbonyl (C=O) groups excluding carboxylic acids is 1. The molecule has 6 heteroatoms. The third-order valence-corrected chi connectivity index (χ3v) is 6.78. The zero-order valence-corrected chi connectivity index (χ0v) is 18.2. The van der Waals surface area contributed by atoms with E-state index in [1.165, 1.54) is 4.31 Å². The van der Waals surface area contributed by atoms with Gasteiger partial charge in [-0.25, -0.2) is 8.42 Å². The predicted molar refractivity (Wildman–Crippen MR) is 121 cm³/mol. The number of aryl methyl sites for hydroxylation is 3. The van der Waals surface area contributed by atoms with E-state index in [0.29, 0.717) is 17.8 Å². The summed E-state index contributed by atoms with van der Waals surface area (Å²) in [7, 11) is -3.92. The number of nitrogens with zero attached hydrogens (tertiary/aromatic N) is 1. The van der Waals surface area contributed by atoms with E-state index in [2.05, 4.69) is 5.32 Å². The SMILES string of the molecule is CCc1ccccc1N(CC(=O)Nc1c(C)cccc1C)S(=O)(=O)c1ccccc1. The molecular formula is C24H26N2O3S. The fourth-order valence-electron chi connectivity index (χ4n) is 3.39. The largest absolute Gasteiger partial charge is 0.324 e. The number of anilines is 2. The highest BCUT2D eigenvalue weighted by Gasteiger charge is 2.28. The standard InChI is InChI=1S/C24H26N2O3S/c1-4-20-13-8-9-16-22(20)26(30(28,29)21-14-6-5-7-15-21)17-23(27)25-24-18(2)11-10-12-19(24)3/h5-16H,4,17H2,1-3H3,(H,25,27). The van der Waals surface area contributed by atoms with E-state index >= 15 is 0 Å². The molecule has 0 aromatic heterocycles. The van der Waals surface area contributed by atoms with Crippen LogP contribution in [0, 0.1) is 13.8 Å². The Kier molecular flexibility index (Phi) is 6.57. The topological polar surface area (TPSA) is 66.5 Å². The van der Waals surface area contributed by atoms with Gasteiger partial charge in [0.2, 0.25) is 5.91 Å². The van der Waals surface area contributed by atoms with Gasteiger partial charge in [-0.1, -0.05) is 61.5 Å². The van der Waals surface area contributed by atoms with Crippen LogP contribution in [-0.4, -0.2) is 20.9 Å². The summed E-state index contributed by atoms with van der Waals surface area (Å²) >= 11 is 0. The molecule has 0 heterocycles. The summed E-state index contributed by atoms with van der Waals surface area (Å²) in [5.41, 5.74) is 3.94. The van der Waals surface area contributed by atoms with Crippen LogP contribution >= 0.6 is 0 Å². The summed E-state index contributed by atoms with van der Waals surface area (Å²) in [6.45, 7) is 5.46. The lowest BCUT2D eigenvalue weighted by molar-refractivity contribution is -0.114. The Morgan fingerprint density at radius 2 is 1.47 bits per heavy atom. The molecule has 3 aromatic carbocycles. The molecule has 0 spiro atoms. The molecule has 30 heavy (non-hydrogen) atoms. The fraction of sp³-hybridized carbons (Fsp3) is 0.208. The summed E-state index contributed by atoms with van der Waals surface area (Å²) in [4.78, 5) is 13.1. The molecular weight excluding hydrogens is 396 g/mol. The summed E-state index contributed by atoms with van der Waals surface area (Å²) in [5, 5.41) is 2.89. The van der Waals surface area contributed by atoms with Gasteiger partial charge in [0, 0.05) is 5.69 Å². The molecule has 0 saturated heterocycles. The maximum Gasteiger partial charge on any atom is 0.264 e. The van der Waals surface area contributed by atoms with Crippen LogP contribution in [0.15, 0.2) is 77.7 Å². The van der Waals surface area contributed by atoms with Crippen molar-refractivity contribution in [1.29, 1.82) is 0 Å². The normalized spacial score (nSPS) is 11.2. The predicted octanol–water partition coefficient (Wildman–Crippen LogP) is 4.70. The van der Waals surface area contributed by atoms with Gasteiger partial charge in [-0.05, 0) is 55.2 Å². The van der Waals surface area contributed by atoms with E-state index in [1.54, 1.807) is 42.5 Å². The second-order valence-electron chi connectivity index (χ2n) is 7.12. The second-order valence-corrected chi connectivity index (χ2v) is 8.98. The van der Waals surface area contributed by atoms with Gasteiger partial charge in [0.15, 0.2) is 0 Å². The number of benzene rings is 3. The third-order valence-electron chi connectivity index (χ3n) is 5.01. The van der Waals surface area contributed by atoms with Crippen molar-refractivity contribution in [3.8, 4) is 0 Å². The quantitative estimate of drug-likeness (QED) is 0.600. The Balaban J connectivity index is 2.01. The van der Waals surface area contributed by atoms with Crippen molar-refractivity contribution < 1.29 is 13.2 Å². The van der Waals surface area contributed by atoms with E-state index in [0.717, 1.165) is 16.7 Å². The van der Waals surface area contributed by atoms with Gasteiger partial charge in [-0.3, -0.25) is 9.10 Å². The van der Waals surface area contributed by atoms with Gasteiger partial charge in [0.1, 0.15) is 6.54 Å². The Morgan fingerprint density at radius 1 is 0.867 bits per heavy atom. The molecule has 0 unspecified atom stereocenters. The zero-order valence-electron chi connectivity index (χ0n) is 17.4. The van der Waals surface area contributed by atoms with Gasteiger partial charge in [0.25, 0.3) is 10.0 Å². The van der Waals surface area contributed by atoms with E-state index in [9.17, 15) is 13.2 Å². The minimum atomic E-state index is -3.92. The lowest BCUT2D eigenvalue weighted by Crippen LogP contribution is -2.38. The first-order chi connectivity index (χ1) is 14.3. The van der Waals surface area contributed by atoms with E-state index in [-0.39, 0.29) is 11.4 Å². The van der Waals surface area contributed by atoms with Crippen molar-refractivity contribution in [2.75, 3.05) is 16.2 Å². The summed E-state index contributed by atoms with van der Waals surface area (Å²) < 4.78 is 28.1. The van der Waals surface area contributed by atoms with Crippen molar-refractivity contribution in [3.63, 3.8) is 0 Å². The number of carbonyl (C=O) groups is 1. The smallest absolute Gasteiger partial charge is 0.264 e. The Hall–Kier alpha value is -3.12. The maximum atomic E-state index is 13.5. The number of nitrogens with one attached hydrogen (secondary N) is 1. The molecule has 0 radical (unpaired) electrons. The first-order valence-corrected chi connectivity index (χ1v) is 11.3. The Bertz CT molecular complexity index is 1120. The number of sulfonamides is 1. The van der Waals surface area contributed by atoms with Gasteiger partial charge < -0.3 is 5.32 Å². The van der Waals surface area contributed by atoms with Gasteiger partial charge in [0.05, 0.1) is 10.6 Å². The fourth-order valence-corrected chi connectivity index (χ4v) is 4.87. The first-order valence-electron chi connectivity index (χ1n) is 9.86. The van der Waals surface area contributed by atoms with Crippen molar-refractivity contribution >= 4 is 27.3 Å². The lowest BCUT2D eigenvalue weighted by Gasteiger charge is -2.26. The molecule has 3 aromatic rings. The molecule has 0 saturated carbocycles. The van der Waals surface area contributed by atoms with Gasteiger partial charge in [-0.15, -0.1) is 0 Å². The molecule has 5 nitrogen and oxygen atoms in total. The number of hydrogen-bond donors (Lipinski definition) is 1. The van der Waals surface area contributed by atoms with Crippen molar-refractivity contribution in [3.05, 3.63) is 89.5 Å². The summed E-state index contributed by atoms with van der Waals surface area (Å²) in [6, 6.07) is 21.2. The highest BCUT2D eigenvalue weighted by Crippen LogP contribution is 2.28. The molecule has 156 valence electrons. The first kappa shape index (κ1) is 21.6. The van der Waals surface area contributed by atoms with Gasteiger partial charge in [-0.2, -0.15) is 0 Å². The van der Waals surface area contributed by atoms with Crippen LogP contribution in [0.5, 0.6) is 0 Å². The lowest BCUT2D eigenvalue weighted by atomic mass is 10.1. The minimum Gasteiger partial charge on any atom is -0.324 e. The average Bonchev–Trinajstić information content (AvgIpc) is 2.75. The molecule has 0 atom stereocenters. The number of para-hydroxylation sites is 2. The molecule has 0 aliphatic carbocycles. The second kappa shape index (κ2) is 9.13. The number of rotatable bonds is 7. The Morgan fingerprint density at radius 3 is 2.10 bits per heavy atom. The maximum absolute atomic E-state index is 13.5. The molecule has 0 aliphatic heterocycles. The summed E-state index contributed by atoms with van der Waals surface area (Å²) in [5.74, 6) is -0.391. The zero-order chi connectivity index (χ0) is 21.7. The monoisotopic (exact) mass is 422 g/mol.